The molecule has 2 N–H and O–H groups in total. The lowest BCUT2D eigenvalue weighted by molar-refractivity contribution is 0.168. The predicted molar refractivity (Wildman–Crippen MR) is 75.9 cm³/mol. The molecule has 1 saturated carbocycles. The fourth-order valence-corrected chi connectivity index (χ4v) is 3.14. The SMILES string of the molecule is COc1ccc(C)cc1C(N)C1(C)CCCCC1. The molecule has 0 aromatic heterocycles. The summed E-state index contributed by atoms with van der Waals surface area (Å²) in [6, 6.07) is 6.38. The van der Waals surface area contributed by atoms with Crippen LogP contribution in [0.1, 0.15) is 56.2 Å². The molecule has 0 heterocycles. The van der Waals surface area contributed by atoms with Crippen LogP contribution in [0.2, 0.25) is 0 Å². The summed E-state index contributed by atoms with van der Waals surface area (Å²) in [6.07, 6.45) is 6.42. The Labute approximate surface area is 111 Å². The van der Waals surface area contributed by atoms with Crippen molar-refractivity contribution in [2.45, 2.75) is 52.0 Å². The van der Waals surface area contributed by atoms with Crippen molar-refractivity contribution in [2.24, 2.45) is 11.1 Å². The van der Waals surface area contributed by atoms with Crippen LogP contribution in [0.5, 0.6) is 5.75 Å². The third-order valence-electron chi connectivity index (χ3n) is 4.47. The van der Waals surface area contributed by atoms with Crippen LogP contribution in [0.15, 0.2) is 18.2 Å². The maximum Gasteiger partial charge on any atom is 0.123 e. The van der Waals surface area contributed by atoms with Gasteiger partial charge in [-0.3, -0.25) is 0 Å². The molecule has 0 radical (unpaired) electrons. The molecule has 1 unspecified atom stereocenters. The van der Waals surface area contributed by atoms with Gasteiger partial charge in [-0.15, -0.1) is 0 Å². The Kier molecular flexibility index (Phi) is 3.96. The second-order valence-electron chi connectivity index (χ2n) is 5.94. The van der Waals surface area contributed by atoms with Crippen molar-refractivity contribution in [2.75, 3.05) is 7.11 Å². The Hall–Kier alpha value is -1.02. The van der Waals surface area contributed by atoms with E-state index in [1.165, 1.54) is 43.2 Å². The van der Waals surface area contributed by atoms with Gasteiger partial charge in [-0.2, -0.15) is 0 Å². The number of nitrogens with two attached hydrogens (primary N) is 1. The quantitative estimate of drug-likeness (QED) is 0.877. The minimum absolute atomic E-state index is 0.0765. The molecule has 1 aliphatic rings. The lowest BCUT2D eigenvalue weighted by Crippen LogP contribution is -2.34. The summed E-state index contributed by atoms with van der Waals surface area (Å²) in [4.78, 5) is 0. The standard InChI is InChI=1S/C16H25NO/c1-12-7-8-14(18-3)13(11-12)15(17)16(2)9-5-4-6-10-16/h7-8,11,15H,4-6,9-10,17H2,1-3H3. The van der Waals surface area contributed by atoms with Crippen molar-refractivity contribution in [3.8, 4) is 5.75 Å². The molecule has 100 valence electrons. The lowest BCUT2D eigenvalue weighted by Gasteiger charge is -2.39. The van der Waals surface area contributed by atoms with Gasteiger partial charge < -0.3 is 10.5 Å². The summed E-state index contributed by atoms with van der Waals surface area (Å²) in [5.41, 5.74) is 9.21. The van der Waals surface area contributed by atoms with Crippen molar-refractivity contribution in [1.29, 1.82) is 0 Å². The van der Waals surface area contributed by atoms with Crippen LogP contribution < -0.4 is 10.5 Å². The van der Waals surface area contributed by atoms with Crippen molar-refractivity contribution < 1.29 is 4.74 Å². The summed E-state index contributed by atoms with van der Waals surface area (Å²) < 4.78 is 5.48. The van der Waals surface area contributed by atoms with Crippen molar-refractivity contribution in [3.05, 3.63) is 29.3 Å². The Morgan fingerprint density at radius 3 is 2.50 bits per heavy atom. The smallest absolute Gasteiger partial charge is 0.123 e. The average molecular weight is 247 g/mol. The molecular formula is C16H25NO. The van der Waals surface area contributed by atoms with E-state index in [1.807, 2.05) is 6.07 Å². The maximum absolute atomic E-state index is 6.57. The number of rotatable bonds is 3. The zero-order valence-corrected chi connectivity index (χ0v) is 11.8. The first-order valence-electron chi connectivity index (χ1n) is 6.97. The molecule has 2 rings (SSSR count). The number of aryl methyl sites for hydroxylation is 1. The summed E-state index contributed by atoms with van der Waals surface area (Å²) in [6.45, 7) is 4.44. The minimum atomic E-state index is 0.0765. The Balaban J connectivity index is 2.32. The van der Waals surface area contributed by atoms with Gasteiger partial charge in [0.25, 0.3) is 0 Å². The van der Waals surface area contributed by atoms with Gasteiger partial charge in [-0.05, 0) is 31.2 Å². The van der Waals surface area contributed by atoms with Gasteiger partial charge in [0.2, 0.25) is 0 Å². The van der Waals surface area contributed by atoms with E-state index >= 15 is 0 Å². The topological polar surface area (TPSA) is 35.2 Å². The number of methoxy groups -OCH3 is 1. The Bertz CT molecular complexity index is 408. The number of ether oxygens (including phenoxy) is 1. The van der Waals surface area contributed by atoms with Gasteiger partial charge in [0, 0.05) is 11.6 Å². The molecule has 1 atom stereocenters. The largest absolute Gasteiger partial charge is 0.496 e. The molecule has 1 fully saturated rings. The molecule has 0 amide bonds. The first kappa shape index (κ1) is 13.4. The molecule has 0 bridgehead atoms. The van der Waals surface area contributed by atoms with Crippen LogP contribution in [-0.2, 0) is 0 Å². The van der Waals surface area contributed by atoms with Crippen molar-refractivity contribution in [1.82, 2.24) is 0 Å². The average Bonchev–Trinajstić information content (AvgIpc) is 2.38. The van der Waals surface area contributed by atoms with E-state index in [-0.39, 0.29) is 11.5 Å². The second kappa shape index (κ2) is 5.31. The highest BCUT2D eigenvalue weighted by atomic mass is 16.5. The van der Waals surface area contributed by atoms with E-state index in [0.717, 1.165) is 5.75 Å². The van der Waals surface area contributed by atoms with Gasteiger partial charge in [-0.1, -0.05) is 43.9 Å². The molecule has 1 aliphatic carbocycles. The number of hydrogen-bond donors (Lipinski definition) is 1. The molecule has 2 heteroatoms. The van der Waals surface area contributed by atoms with E-state index in [4.69, 9.17) is 10.5 Å². The van der Waals surface area contributed by atoms with Crippen molar-refractivity contribution >= 4 is 0 Å². The molecule has 18 heavy (non-hydrogen) atoms. The number of hydrogen-bond acceptors (Lipinski definition) is 2. The molecule has 1 aromatic rings. The predicted octanol–water partition coefficient (Wildman–Crippen LogP) is 3.97. The third-order valence-corrected chi connectivity index (χ3v) is 4.47. The summed E-state index contributed by atoms with van der Waals surface area (Å²) in [7, 11) is 1.73. The van der Waals surface area contributed by atoms with Crippen LogP contribution in [0.3, 0.4) is 0 Å². The zero-order valence-electron chi connectivity index (χ0n) is 11.8. The van der Waals surface area contributed by atoms with E-state index in [0.29, 0.717) is 0 Å². The first-order chi connectivity index (χ1) is 8.57. The summed E-state index contributed by atoms with van der Waals surface area (Å²) >= 11 is 0. The van der Waals surface area contributed by atoms with E-state index < -0.39 is 0 Å². The van der Waals surface area contributed by atoms with Crippen LogP contribution >= 0.6 is 0 Å². The highest BCUT2D eigenvalue weighted by Crippen LogP contribution is 2.46. The maximum atomic E-state index is 6.57. The minimum Gasteiger partial charge on any atom is -0.496 e. The van der Waals surface area contributed by atoms with Crippen LogP contribution in [-0.4, -0.2) is 7.11 Å². The van der Waals surface area contributed by atoms with Crippen molar-refractivity contribution in [3.63, 3.8) is 0 Å². The molecule has 0 aliphatic heterocycles. The Morgan fingerprint density at radius 1 is 1.22 bits per heavy atom. The van der Waals surface area contributed by atoms with E-state index in [9.17, 15) is 0 Å². The van der Waals surface area contributed by atoms with E-state index in [1.54, 1.807) is 7.11 Å². The fourth-order valence-electron chi connectivity index (χ4n) is 3.14. The molecule has 1 aromatic carbocycles. The molecule has 0 spiro atoms. The second-order valence-corrected chi connectivity index (χ2v) is 5.94. The van der Waals surface area contributed by atoms with Gasteiger partial charge in [0.1, 0.15) is 5.75 Å². The van der Waals surface area contributed by atoms with Crippen LogP contribution in [0.25, 0.3) is 0 Å². The number of benzene rings is 1. The normalized spacial score (nSPS) is 20.4. The monoisotopic (exact) mass is 247 g/mol. The molecule has 2 nitrogen and oxygen atoms in total. The zero-order chi connectivity index (χ0) is 13.2. The fraction of sp³-hybridized carbons (Fsp3) is 0.625. The summed E-state index contributed by atoms with van der Waals surface area (Å²) in [5, 5.41) is 0. The third kappa shape index (κ3) is 2.54. The Morgan fingerprint density at radius 2 is 1.89 bits per heavy atom. The van der Waals surface area contributed by atoms with E-state index in [2.05, 4.69) is 26.0 Å². The molecule has 0 saturated heterocycles. The van der Waals surface area contributed by atoms with Gasteiger partial charge in [0.15, 0.2) is 0 Å². The lowest BCUT2D eigenvalue weighted by atomic mass is 9.69. The first-order valence-corrected chi connectivity index (χ1v) is 6.97. The van der Waals surface area contributed by atoms with Crippen LogP contribution in [0.4, 0.5) is 0 Å². The van der Waals surface area contributed by atoms with Gasteiger partial charge in [0.05, 0.1) is 7.11 Å². The summed E-state index contributed by atoms with van der Waals surface area (Å²) in [5.74, 6) is 0.930. The van der Waals surface area contributed by atoms with Crippen LogP contribution in [0, 0.1) is 12.3 Å². The molecular weight excluding hydrogens is 222 g/mol. The highest BCUT2D eigenvalue weighted by molar-refractivity contribution is 5.40. The van der Waals surface area contributed by atoms with Gasteiger partial charge >= 0.3 is 0 Å². The highest BCUT2D eigenvalue weighted by Gasteiger charge is 2.35. The van der Waals surface area contributed by atoms with Gasteiger partial charge in [-0.25, -0.2) is 0 Å².